The summed E-state index contributed by atoms with van der Waals surface area (Å²) in [5.74, 6) is 0.898. The van der Waals surface area contributed by atoms with E-state index in [0.29, 0.717) is 0 Å². The van der Waals surface area contributed by atoms with E-state index in [9.17, 15) is 0 Å². The van der Waals surface area contributed by atoms with E-state index in [1.807, 2.05) is 36.4 Å². The molecular formula is C11H9O. The zero-order chi connectivity index (χ0) is 8.39. The molecule has 0 amide bonds. The minimum atomic E-state index is 0.898. The van der Waals surface area contributed by atoms with Crippen LogP contribution in [0.5, 0.6) is 0 Å². The molecule has 0 aliphatic heterocycles. The Labute approximate surface area is 71.6 Å². The molecule has 1 aromatic heterocycles. The van der Waals surface area contributed by atoms with Crippen LogP contribution in [0.4, 0.5) is 0 Å². The number of furan rings is 1. The molecule has 2 aromatic rings. The van der Waals surface area contributed by atoms with E-state index in [-0.39, 0.29) is 0 Å². The van der Waals surface area contributed by atoms with Crippen molar-refractivity contribution in [3.63, 3.8) is 0 Å². The molecule has 0 saturated heterocycles. The van der Waals surface area contributed by atoms with Gasteiger partial charge in [0.25, 0.3) is 0 Å². The van der Waals surface area contributed by atoms with Gasteiger partial charge in [0.2, 0.25) is 0 Å². The molecule has 0 saturated carbocycles. The van der Waals surface area contributed by atoms with Crippen LogP contribution in [-0.4, -0.2) is 0 Å². The first kappa shape index (κ1) is 7.17. The minimum absolute atomic E-state index is 0.898. The summed E-state index contributed by atoms with van der Waals surface area (Å²) >= 11 is 0. The summed E-state index contributed by atoms with van der Waals surface area (Å²) in [7, 11) is 0. The average molecular weight is 157 g/mol. The normalized spacial score (nSPS) is 10.1. The van der Waals surface area contributed by atoms with Gasteiger partial charge >= 0.3 is 0 Å². The maximum Gasteiger partial charge on any atom is 0.133 e. The van der Waals surface area contributed by atoms with Gasteiger partial charge in [-0.1, -0.05) is 24.3 Å². The predicted octanol–water partition coefficient (Wildman–Crippen LogP) is 3.13. The molecule has 0 unspecified atom stereocenters. The van der Waals surface area contributed by atoms with Gasteiger partial charge in [0, 0.05) is 5.56 Å². The van der Waals surface area contributed by atoms with Gasteiger partial charge in [-0.15, -0.1) is 0 Å². The van der Waals surface area contributed by atoms with Gasteiger partial charge in [-0.05, 0) is 24.6 Å². The molecule has 0 aliphatic carbocycles. The average Bonchev–Trinajstić information content (AvgIpc) is 2.58. The zero-order valence-corrected chi connectivity index (χ0v) is 6.66. The summed E-state index contributed by atoms with van der Waals surface area (Å²) < 4.78 is 5.24. The SMILES string of the molecule is [CH2]c1ccc(-c2ccco2)cc1. The molecule has 1 nitrogen and oxygen atoms in total. The van der Waals surface area contributed by atoms with Gasteiger partial charge in [-0.3, -0.25) is 0 Å². The van der Waals surface area contributed by atoms with E-state index in [1.54, 1.807) is 6.26 Å². The zero-order valence-electron chi connectivity index (χ0n) is 6.66. The maximum absolute atomic E-state index is 5.24. The van der Waals surface area contributed by atoms with Crippen molar-refractivity contribution in [1.29, 1.82) is 0 Å². The highest BCUT2D eigenvalue weighted by molar-refractivity contribution is 5.57. The lowest BCUT2D eigenvalue weighted by Crippen LogP contribution is -1.73. The van der Waals surface area contributed by atoms with E-state index in [2.05, 4.69) is 6.92 Å². The molecule has 0 aliphatic rings. The third-order valence-corrected chi connectivity index (χ3v) is 1.76. The van der Waals surface area contributed by atoms with Crippen molar-refractivity contribution in [2.24, 2.45) is 0 Å². The lowest BCUT2D eigenvalue weighted by Gasteiger charge is -1.96. The fraction of sp³-hybridized carbons (Fsp3) is 0. The number of benzene rings is 1. The summed E-state index contributed by atoms with van der Waals surface area (Å²) in [6.45, 7) is 3.81. The van der Waals surface area contributed by atoms with Crippen molar-refractivity contribution in [3.05, 3.63) is 55.1 Å². The van der Waals surface area contributed by atoms with E-state index < -0.39 is 0 Å². The summed E-state index contributed by atoms with van der Waals surface area (Å²) in [4.78, 5) is 0. The fourth-order valence-electron chi connectivity index (χ4n) is 1.11. The predicted molar refractivity (Wildman–Crippen MR) is 48.6 cm³/mol. The second kappa shape index (κ2) is 2.86. The second-order valence-electron chi connectivity index (χ2n) is 2.67. The molecule has 1 radical (unpaired) electrons. The Balaban J connectivity index is 2.43. The van der Waals surface area contributed by atoms with Gasteiger partial charge in [0.1, 0.15) is 5.76 Å². The number of hydrogen-bond acceptors (Lipinski definition) is 1. The quantitative estimate of drug-likeness (QED) is 0.619. The van der Waals surface area contributed by atoms with Crippen molar-refractivity contribution in [2.75, 3.05) is 0 Å². The van der Waals surface area contributed by atoms with Crippen molar-refractivity contribution in [3.8, 4) is 11.3 Å². The Morgan fingerprint density at radius 3 is 2.33 bits per heavy atom. The topological polar surface area (TPSA) is 13.1 Å². The second-order valence-corrected chi connectivity index (χ2v) is 2.67. The molecule has 0 spiro atoms. The first-order chi connectivity index (χ1) is 5.86. The molecule has 59 valence electrons. The van der Waals surface area contributed by atoms with E-state index in [1.165, 1.54) is 0 Å². The van der Waals surface area contributed by atoms with Crippen LogP contribution in [0, 0.1) is 6.92 Å². The van der Waals surface area contributed by atoms with Crippen LogP contribution in [0.1, 0.15) is 5.56 Å². The first-order valence-corrected chi connectivity index (χ1v) is 3.82. The molecule has 1 heteroatoms. The first-order valence-electron chi connectivity index (χ1n) is 3.82. The van der Waals surface area contributed by atoms with E-state index in [4.69, 9.17) is 4.42 Å². The van der Waals surface area contributed by atoms with Crippen molar-refractivity contribution in [1.82, 2.24) is 0 Å². The largest absolute Gasteiger partial charge is 0.464 e. The van der Waals surface area contributed by atoms with Crippen LogP contribution in [0.2, 0.25) is 0 Å². The molecule has 0 bridgehead atoms. The summed E-state index contributed by atoms with van der Waals surface area (Å²) in [5, 5.41) is 0. The Bertz CT molecular complexity index is 343. The Kier molecular flexibility index (Phi) is 1.71. The van der Waals surface area contributed by atoms with Crippen molar-refractivity contribution >= 4 is 0 Å². The fourth-order valence-corrected chi connectivity index (χ4v) is 1.11. The number of rotatable bonds is 1. The Morgan fingerprint density at radius 2 is 1.75 bits per heavy atom. The van der Waals surface area contributed by atoms with Crippen LogP contribution in [0.15, 0.2) is 47.1 Å². The summed E-state index contributed by atoms with van der Waals surface area (Å²) in [5.41, 5.74) is 2.11. The Morgan fingerprint density at radius 1 is 1.00 bits per heavy atom. The van der Waals surface area contributed by atoms with Crippen LogP contribution >= 0.6 is 0 Å². The third-order valence-electron chi connectivity index (χ3n) is 1.76. The highest BCUT2D eigenvalue weighted by atomic mass is 16.3. The van der Waals surface area contributed by atoms with Gasteiger partial charge in [0.15, 0.2) is 0 Å². The summed E-state index contributed by atoms with van der Waals surface area (Å²) in [6.07, 6.45) is 1.67. The van der Waals surface area contributed by atoms with Gasteiger partial charge in [0.05, 0.1) is 6.26 Å². The standard InChI is InChI=1S/C11H9O/c1-9-4-6-10(7-5-9)11-3-2-8-12-11/h2-8H,1H2. The van der Waals surface area contributed by atoms with E-state index in [0.717, 1.165) is 16.9 Å². The van der Waals surface area contributed by atoms with Crippen LogP contribution in [0.3, 0.4) is 0 Å². The Hall–Kier alpha value is -1.50. The van der Waals surface area contributed by atoms with Gasteiger partial charge in [-0.25, -0.2) is 0 Å². The summed E-state index contributed by atoms with van der Waals surface area (Å²) in [6, 6.07) is 11.8. The van der Waals surface area contributed by atoms with Crippen LogP contribution in [0.25, 0.3) is 11.3 Å². The molecule has 0 fully saturated rings. The number of hydrogen-bond donors (Lipinski definition) is 0. The maximum atomic E-state index is 5.24. The molecule has 0 N–H and O–H groups in total. The van der Waals surface area contributed by atoms with E-state index >= 15 is 0 Å². The smallest absolute Gasteiger partial charge is 0.133 e. The van der Waals surface area contributed by atoms with Crippen molar-refractivity contribution in [2.45, 2.75) is 0 Å². The minimum Gasteiger partial charge on any atom is -0.464 e. The third kappa shape index (κ3) is 1.26. The molecule has 0 atom stereocenters. The lowest BCUT2D eigenvalue weighted by atomic mass is 10.1. The lowest BCUT2D eigenvalue weighted by molar-refractivity contribution is 0.582. The molecule has 2 rings (SSSR count). The molecular weight excluding hydrogens is 148 g/mol. The highest BCUT2D eigenvalue weighted by Gasteiger charge is 1.97. The van der Waals surface area contributed by atoms with Crippen molar-refractivity contribution < 1.29 is 4.42 Å². The monoisotopic (exact) mass is 157 g/mol. The van der Waals surface area contributed by atoms with Gasteiger partial charge < -0.3 is 4.42 Å². The van der Waals surface area contributed by atoms with Gasteiger partial charge in [-0.2, -0.15) is 0 Å². The van der Waals surface area contributed by atoms with Crippen LogP contribution in [-0.2, 0) is 0 Å². The van der Waals surface area contributed by atoms with Crippen LogP contribution < -0.4 is 0 Å². The molecule has 1 aromatic carbocycles. The highest BCUT2D eigenvalue weighted by Crippen LogP contribution is 2.19. The molecule has 1 heterocycles. The molecule has 12 heavy (non-hydrogen) atoms.